The summed E-state index contributed by atoms with van der Waals surface area (Å²) in [4.78, 5) is 0. The van der Waals surface area contributed by atoms with E-state index in [0.717, 1.165) is 22.4 Å². The lowest BCUT2D eigenvalue weighted by Gasteiger charge is -2.23. The van der Waals surface area contributed by atoms with Gasteiger partial charge in [0.2, 0.25) is 0 Å². The fourth-order valence-corrected chi connectivity index (χ4v) is 2.82. The van der Waals surface area contributed by atoms with E-state index in [1.807, 2.05) is 26.0 Å². The molecule has 0 aliphatic rings. The van der Waals surface area contributed by atoms with Crippen molar-refractivity contribution in [3.8, 4) is 5.75 Å². The van der Waals surface area contributed by atoms with E-state index in [1.54, 1.807) is 13.2 Å². The monoisotopic (exact) mass is 308 g/mol. The first-order valence-electron chi connectivity index (χ1n) is 6.54. The predicted molar refractivity (Wildman–Crippen MR) is 83.0 cm³/mol. The highest BCUT2D eigenvalue weighted by Crippen LogP contribution is 2.36. The molecule has 0 heterocycles. The van der Waals surface area contributed by atoms with Crippen LogP contribution in [-0.2, 0) is 0 Å². The SMILES string of the molecule is COc1cc(C)cc(C)c1C(NN)c1ccc(F)cc1Cl. The van der Waals surface area contributed by atoms with Crippen LogP contribution in [0.5, 0.6) is 5.75 Å². The van der Waals surface area contributed by atoms with Gasteiger partial charge in [-0.1, -0.05) is 23.7 Å². The summed E-state index contributed by atoms with van der Waals surface area (Å²) in [5.74, 6) is 6.05. The summed E-state index contributed by atoms with van der Waals surface area (Å²) in [6.07, 6.45) is 0. The van der Waals surface area contributed by atoms with Crippen LogP contribution in [-0.4, -0.2) is 7.11 Å². The van der Waals surface area contributed by atoms with Crippen LogP contribution in [0.25, 0.3) is 0 Å². The Labute approximate surface area is 128 Å². The van der Waals surface area contributed by atoms with Crippen LogP contribution < -0.4 is 16.0 Å². The van der Waals surface area contributed by atoms with Crippen LogP contribution in [0.2, 0.25) is 5.02 Å². The van der Waals surface area contributed by atoms with E-state index >= 15 is 0 Å². The molecule has 0 aliphatic carbocycles. The van der Waals surface area contributed by atoms with Gasteiger partial charge in [-0.15, -0.1) is 0 Å². The normalized spacial score (nSPS) is 12.3. The fraction of sp³-hybridized carbons (Fsp3) is 0.250. The Morgan fingerprint density at radius 3 is 2.52 bits per heavy atom. The molecular weight excluding hydrogens is 291 g/mol. The van der Waals surface area contributed by atoms with Gasteiger partial charge in [-0.2, -0.15) is 0 Å². The van der Waals surface area contributed by atoms with Gasteiger partial charge in [-0.25, -0.2) is 9.82 Å². The number of benzene rings is 2. The number of aryl methyl sites for hydroxylation is 2. The van der Waals surface area contributed by atoms with Gasteiger partial charge >= 0.3 is 0 Å². The molecule has 1 atom stereocenters. The summed E-state index contributed by atoms with van der Waals surface area (Å²) in [5.41, 5.74) is 6.45. The number of ether oxygens (including phenoxy) is 1. The fourth-order valence-electron chi connectivity index (χ4n) is 2.54. The van der Waals surface area contributed by atoms with Gasteiger partial charge in [0.05, 0.1) is 13.2 Å². The lowest BCUT2D eigenvalue weighted by Crippen LogP contribution is -2.30. The molecule has 0 bridgehead atoms. The summed E-state index contributed by atoms with van der Waals surface area (Å²) in [6.45, 7) is 3.97. The first-order chi connectivity index (χ1) is 9.97. The molecule has 1 unspecified atom stereocenters. The minimum atomic E-state index is -0.382. The highest BCUT2D eigenvalue weighted by molar-refractivity contribution is 6.31. The maximum atomic E-state index is 13.2. The first kappa shape index (κ1) is 15.8. The van der Waals surface area contributed by atoms with Gasteiger partial charge in [0, 0.05) is 10.6 Å². The number of rotatable bonds is 4. The van der Waals surface area contributed by atoms with E-state index < -0.39 is 0 Å². The quantitative estimate of drug-likeness (QED) is 0.669. The smallest absolute Gasteiger partial charge is 0.124 e. The van der Waals surface area contributed by atoms with Crippen molar-refractivity contribution < 1.29 is 9.13 Å². The minimum absolute atomic E-state index is 0.319. The van der Waals surface area contributed by atoms with E-state index in [4.69, 9.17) is 22.2 Å². The van der Waals surface area contributed by atoms with Crippen molar-refractivity contribution in [1.82, 2.24) is 5.43 Å². The lowest BCUT2D eigenvalue weighted by atomic mass is 9.93. The molecule has 2 aromatic rings. The molecule has 0 spiro atoms. The number of hydrogen-bond acceptors (Lipinski definition) is 3. The van der Waals surface area contributed by atoms with Crippen molar-refractivity contribution >= 4 is 11.6 Å². The number of nitrogens with two attached hydrogens (primary N) is 1. The third-order valence-corrected chi connectivity index (χ3v) is 3.77. The summed E-state index contributed by atoms with van der Waals surface area (Å²) in [5, 5.41) is 0.319. The molecule has 3 nitrogen and oxygen atoms in total. The Bertz CT molecular complexity index is 661. The number of nitrogens with one attached hydrogen (secondary N) is 1. The van der Waals surface area contributed by atoms with Crippen molar-refractivity contribution in [3.63, 3.8) is 0 Å². The summed E-state index contributed by atoms with van der Waals surface area (Å²) >= 11 is 6.16. The molecule has 2 rings (SSSR count). The Morgan fingerprint density at radius 2 is 1.95 bits per heavy atom. The van der Waals surface area contributed by atoms with E-state index in [1.165, 1.54) is 12.1 Å². The molecule has 5 heteroatoms. The van der Waals surface area contributed by atoms with E-state index in [0.29, 0.717) is 10.6 Å². The second-order valence-corrected chi connectivity index (χ2v) is 5.37. The van der Waals surface area contributed by atoms with Gasteiger partial charge in [0.15, 0.2) is 0 Å². The largest absolute Gasteiger partial charge is 0.496 e. The average molecular weight is 309 g/mol. The van der Waals surface area contributed by atoms with Crippen molar-refractivity contribution in [2.75, 3.05) is 7.11 Å². The van der Waals surface area contributed by atoms with Gasteiger partial charge < -0.3 is 4.74 Å². The van der Waals surface area contributed by atoms with Crippen molar-refractivity contribution in [3.05, 3.63) is 63.4 Å². The Hall–Kier alpha value is -1.62. The van der Waals surface area contributed by atoms with Crippen LogP contribution in [0.4, 0.5) is 4.39 Å². The zero-order valence-corrected chi connectivity index (χ0v) is 13.0. The molecule has 0 aromatic heterocycles. The number of hydrazine groups is 1. The second-order valence-electron chi connectivity index (χ2n) is 4.96. The topological polar surface area (TPSA) is 47.3 Å². The number of halogens is 2. The van der Waals surface area contributed by atoms with Crippen LogP contribution >= 0.6 is 11.6 Å². The molecule has 3 N–H and O–H groups in total. The van der Waals surface area contributed by atoms with Gasteiger partial charge in [-0.05, 0) is 48.7 Å². The van der Waals surface area contributed by atoms with Crippen LogP contribution in [0.1, 0.15) is 28.3 Å². The zero-order valence-electron chi connectivity index (χ0n) is 12.2. The summed E-state index contributed by atoms with van der Waals surface area (Å²) in [6, 6.07) is 7.86. The van der Waals surface area contributed by atoms with Gasteiger partial charge in [-0.3, -0.25) is 5.84 Å². The van der Waals surface area contributed by atoms with Crippen molar-refractivity contribution in [2.45, 2.75) is 19.9 Å². The summed E-state index contributed by atoms with van der Waals surface area (Å²) < 4.78 is 18.7. The molecule has 0 saturated heterocycles. The molecule has 0 radical (unpaired) electrons. The maximum Gasteiger partial charge on any atom is 0.124 e. The molecule has 0 fully saturated rings. The molecular formula is C16H18ClFN2O. The standard InChI is InChI=1S/C16H18ClFN2O/c1-9-6-10(2)15(14(7-9)21-3)16(20-19)12-5-4-11(18)8-13(12)17/h4-8,16,20H,19H2,1-3H3. The zero-order chi connectivity index (χ0) is 15.6. The van der Waals surface area contributed by atoms with Crippen LogP contribution in [0.3, 0.4) is 0 Å². The summed E-state index contributed by atoms with van der Waals surface area (Å²) in [7, 11) is 1.61. The van der Waals surface area contributed by atoms with E-state index in [9.17, 15) is 4.39 Å². The first-order valence-corrected chi connectivity index (χ1v) is 6.92. The molecule has 0 aliphatic heterocycles. The molecule has 0 amide bonds. The third kappa shape index (κ3) is 3.18. The maximum absolute atomic E-state index is 13.2. The minimum Gasteiger partial charge on any atom is -0.496 e. The Kier molecular flexibility index (Phi) is 4.83. The third-order valence-electron chi connectivity index (χ3n) is 3.44. The lowest BCUT2D eigenvalue weighted by molar-refractivity contribution is 0.403. The van der Waals surface area contributed by atoms with Crippen LogP contribution in [0, 0.1) is 19.7 Å². The predicted octanol–water partition coefficient (Wildman–Crippen LogP) is 3.66. The average Bonchev–Trinajstić information content (AvgIpc) is 2.42. The van der Waals surface area contributed by atoms with Gasteiger partial charge in [0.1, 0.15) is 11.6 Å². The second kappa shape index (κ2) is 6.43. The highest BCUT2D eigenvalue weighted by Gasteiger charge is 2.22. The molecule has 21 heavy (non-hydrogen) atoms. The van der Waals surface area contributed by atoms with Crippen LogP contribution in [0.15, 0.2) is 30.3 Å². The van der Waals surface area contributed by atoms with Crippen molar-refractivity contribution in [2.24, 2.45) is 5.84 Å². The molecule has 0 saturated carbocycles. The highest BCUT2D eigenvalue weighted by atomic mass is 35.5. The van der Waals surface area contributed by atoms with E-state index in [-0.39, 0.29) is 11.9 Å². The number of methoxy groups -OCH3 is 1. The molecule has 112 valence electrons. The Morgan fingerprint density at radius 1 is 1.24 bits per heavy atom. The Balaban J connectivity index is 2.61. The molecule has 2 aromatic carbocycles. The van der Waals surface area contributed by atoms with Crippen molar-refractivity contribution in [1.29, 1.82) is 0 Å². The van der Waals surface area contributed by atoms with E-state index in [2.05, 4.69) is 5.43 Å². The van der Waals surface area contributed by atoms with Gasteiger partial charge in [0.25, 0.3) is 0 Å². The number of hydrogen-bond donors (Lipinski definition) is 2.